The van der Waals surface area contributed by atoms with Crippen molar-refractivity contribution >= 4 is 0 Å². The maximum absolute atomic E-state index is 5.82. The Labute approximate surface area is 95.2 Å². The summed E-state index contributed by atoms with van der Waals surface area (Å²) in [6.07, 6.45) is 2.67. The maximum atomic E-state index is 5.82. The standard InChI is InChI=1S/C13H28N2/c1-11(2)12(9-14)10-15-7-5-13(3,4)6-8-15/h11-12H,5-10,14H2,1-4H3. The largest absolute Gasteiger partial charge is 0.330 e. The van der Waals surface area contributed by atoms with Crippen LogP contribution in [0.25, 0.3) is 0 Å². The van der Waals surface area contributed by atoms with Crippen molar-refractivity contribution < 1.29 is 0 Å². The van der Waals surface area contributed by atoms with Crippen molar-refractivity contribution in [1.29, 1.82) is 0 Å². The molecule has 1 heterocycles. The number of rotatable bonds is 4. The summed E-state index contributed by atoms with van der Waals surface area (Å²) >= 11 is 0. The predicted molar refractivity (Wildman–Crippen MR) is 66.8 cm³/mol. The lowest BCUT2D eigenvalue weighted by Crippen LogP contribution is -2.42. The number of piperidine rings is 1. The molecule has 90 valence electrons. The summed E-state index contributed by atoms with van der Waals surface area (Å²) in [5, 5.41) is 0. The van der Waals surface area contributed by atoms with E-state index in [1.54, 1.807) is 0 Å². The Morgan fingerprint density at radius 1 is 1.20 bits per heavy atom. The summed E-state index contributed by atoms with van der Waals surface area (Å²) in [5.41, 5.74) is 6.38. The van der Waals surface area contributed by atoms with Gasteiger partial charge in [0.25, 0.3) is 0 Å². The Bertz CT molecular complexity index is 177. The highest BCUT2D eigenvalue weighted by molar-refractivity contribution is 4.80. The number of likely N-dealkylation sites (tertiary alicyclic amines) is 1. The average Bonchev–Trinajstić information content (AvgIpc) is 2.15. The fraction of sp³-hybridized carbons (Fsp3) is 1.00. The first kappa shape index (κ1) is 13.0. The van der Waals surface area contributed by atoms with Gasteiger partial charge in [0.2, 0.25) is 0 Å². The Morgan fingerprint density at radius 2 is 1.73 bits per heavy atom. The molecule has 1 saturated heterocycles. The van der Waals surface area contributed by atoms with Gasteiger partial charge in [-0.05, 0) is 49.7 Å². The molecule has 0 bridgehead atoms. The molecule has 1 fully saturated rings. The van der Waals surface area contributed by atoms with Crippen LogP contribution in [0.15, 0.2) is 0 Å². The van der Waals surface area contributed by atoms with Crippen LogP contribution in [-0.2, 0) is 0 Å². The molecule has 1 aliphatic heterocycles. The molecule has 0 radical (unpaired) electrons. The third-order valence-electron chi connectivity index (χ3n) is 3.95. The minimum atomic E-state index is 0.562. The van der Waals surface area contributed by atoms with E-state index in [9.17, 15) is 0 Å². The van der Waals surface area contributed by atoms with Gasteiger partial charge in [0.05, 0.1) is 0 Å². The number of nitrogens with zero attached hydrogens (tertiary/aromatic N) is 1. The molecule has 0 aromatic heterocycles. The van der Waals surface area contributed by atoms with E-state index in [2.05, 4.69) is 32.6 Å². The highest BCUT2D eigenvalue weighted by Gasteiger charge is 2.26. The minimum Gasteiger partial charge on any atom is -0.330 e. The molecule has 2 heteroatoms. The van der Waals surface area contributed by atoms with Gasteiger partial charge in [-0.25, -0.2) is 0 Å². The van der Waals surface area contributed by atoms with Crippen molar-refractivity contribution in [3.8, 4) is 0 Å². The highest BCUT2D eigenvalue weighted by atomic mass is 15.1. The lowest BCUT2D eigenvalue weighted by Gasteiger charge is -2.38. The van der Waals surface area contributed by atoms with Gasteiger partial charge in [0.15, 0.2) is 0 Å². The smallest absolute Gasteiger partial charge is 0.00242 e. The molecule has 1 atom stereocenters. The van der Waals surface area contributed by atoms with Gasteiger partial charge in [0, 0.05) is 6.54 Å². The van der Waals surface area contributed by atoms with E-state index >= 15 is 0 Å². The van der Waals surface area contributed by atoms with Crippen molar-refractivity contribution in [1.82, 2.24) is 4.90 Å². The molecular formula is C13H28N2. The van der Waals surface area contributed by atoms with Crippen LogP contribution < -0.4 is 5.73 Å². The second-order valence-corrected chi connectivity index (χ2v) is 6.20. The van der Waals surface area contributed by atoms with E-state index in [1.807, 2.05) is 0 Å². The summed E-state index contributed by atoms with van der Waals surface area (Å²) in [6.45, 7) is 13.9. The van der Waals surface area contributed by atoms with Gasteiger partial charge in [-0.15, -0.1) is 0 Å². The fourth-order valence-corrected chi connectivity index (χ4v) is 2.23. The van der Waals surface area contributed by atoms with Crippen LogP contribution in [0.3, 0.4) is 0 Å². The van der Waals surface area contributed by atoms with E-state index in [-0.39, 0.29) is 0 Å². The molecule has 2 nitrogen and oxygen atoms in total. The predicted octanol–water partition coefficient (Wildman–Crippen LogP) is 2.34. The zero-order chi connectivity index (χ0) is 11.5. The topological polar surface area (TPSA) is 29.3 Å². The zero-order valence-corrected chi connectivity index (χ0v) is 10.9. The monoisotopic (exact) mass is 212 g/mol. The maximum Gasteiger partial charge on any atom is 0.00242 e. The molecule has 15 heavy (non-hydrogen) atoms. The van der Waals surface area contributed by atoms with Gasteiger partial charge in [0.1, 0.15) is 0 Å². The van der Waals surface area contributed by atoms with Crippen LogP contribution in [0.1, 0.15) is 40.5 Å². The highest BCUT2D eigenvalue weighted by Crippen LogP contribution is 2.30. The number of hydrogen-bond donors (Lipinski definition) is 1. The van der Waals surface area contributed by atoms with Crippen LogP contribution in [0, 0.1) is 17.3 Å². The van der Waals surface area contributed by atoms with Crippen LogP contribution in [0.5, 0.6) is 0 Å². The lowest BCUT2D eigenvalue weighted by atomic mass is 9.82. The zero-order valence-electron chi connectivity index (χ0n) is 10.9. The lowest BCUT2D eigenvalue weighted by molar-refractivity contribution is 0.109. The average molecular weight is 212 g/mol. The number of nitrogens with two attached hydrogens (primary N) is 1. The Hall–Kier alpha value is -0.0800. The molecule has 1 rings (SSSR count). The van der Waals surface area contributed by atoms with E-state index in [0.717, 1.165) is 6.54 Å². The second-order valence-electron chi connectivity index (χ2n) is 6.20. The van der Waals surface area contributed by atoms with Crippen molar-refractivity contribution in [3.63, 3.8) is 0 Å². The molecule has 0 aromatic rings. The Morgan fingerprint density at radius 3 is 2.13 bits per heavy atom. The van der Waals surface area contributed by atoms with Crippen LogP contribution in [-0.4, -0.2) is 31.1 Å². The molecular weight excluding hydrogens is 184 g/mol. The third-order valence-corrected chi connectivity index (χ3v) is 3.95. The fourth-order valence-electron chi connectivity index (χ4n) is 2.23. The Kier molecular flexibility index (Phi) is 4.60. The van der Waals surface area contributed by atoms with E-state index < -0.39 is 0 Å². The van der Waals surface area contributed by atoms with Crippen LogP contribution >= 0.6 is 0 Å². The minimum absolute atomic E-state index is 0.562. The van der Waals surface area contributed by atoms with Gasteiger partial charge in [-0.3, -0.25) is 0 Å². The van der Waals surface area contributed by atoms with Crippen molar-refractivity contribution in [2.45, 2.75) is 40.5 Å². The summed E-state index contributed by atoms with van der Waals surface area (Å²) in [5.74, 6) is 1.39. The van der Waals surface area contributed by atoms with Crippen LogP contribution in [0.2, 0.25) is 0 Å². The first-order valence-corrected chi connectivity index (χ1v) is 6.37. The molecule has 1 aliphatic rings. The summed E-state index contributed by atoms with van der Waals surface area (Å²) in [4.78, 5) is 2.60. The first-order valence-electron chi connectivity index (χ1n) is 6.37. The molecule has 0 aromatic carbocycles. The van der Waals surface area contributed by atoms with Gasteiger partial charge in [-0.2, -0.15) is 0 Å². The molecule has 0 amide bonds. The first-order chi connectivity index (χ1) is 6.94. The third kappa shape index (κ3) is 4.12. The molecule has 2 N–H and O–H groups in total. The summed E-state index contributed by atoms with van der Waals surface area (Å²) in [6, 6.07) is 0. The van der Waals surface area contributed by atoms with Gasteiger partial charge in [-0.1, -0.05) is 27.7 Å². The van der Waals surface area contributed by atoms with E-state index in [0.29, 0.717) is 17.3 Å². The quantitative estimate of drug-likeness (QED) is 0.775. The Balaban J connectivity index is 2.34. The second kappa shape index (κ2) is 5.31. The van der Waals surface area contributed by atoms with Gasteiger partial charge >= 0.3 is 0 Å². The molecule has 0 spiro atoms. The normalized spacial score (nSPS) is 24.4. The van der Waals surface area contributed by atoms with Crippen LogP contribution in [0.4, 0.5) is 0 Å². The molecule has 1 unspecified atom stereocenters. The summed E-state index contributed by atoms with van der Waals surface area (Å²) < 4.78 is 0. The number of hydrogen-bond acceptors (Lipinski definition) is 2. The van der Waals surface area contributed by atoms with Gasteiger partial charge < -0.3 is 10.6 Å². The SMILES string of the molecule is CC(C)C(CN)CN1CCC(C)(C)CC1. The molecule has 0 aliphatic carbocycles. The van der Waals surface area contributed by atoms with E-state index in [1.165, 1.54) is 32.5 Å². The van der Waals surface area contributed by atoms with E-state index in [4.69, 9.17) is 5.73 Å². The summed E-state index contributed by atoms with van der Waals surface area (Å²) in [7, 11) is 0. The van der Waals surface area contributed by atoms with Crippen molar-refractivity contribution in [3.05, 3.63) is 0 Å². The van der Waals surface area contributed by atoms with Crippen molar-refractivity contribution in [2.24, 2.45) is 23.0 Å². The molecule has 0 saturated carbocycles. The van der Waals surface area contributed by atoms with Crippen molar-refractivity contribution in [2.75, 3.05) is 26.2 Å².